The summed E-state index contributed by atoms with van der Waals surface area (Å²) in [5, 5.41) is 80.1. The van der Waals surface area contributed by atoms with Gasteiger partial charge in [-0.1, -0.05) is 23.3 Å². The van der Waals surface area contributed by atoms with Crippen LogP contribution in [-0.2, 0) is 27.1 Å². The third kappa shape index (κ3) is 8.14. The topological polar surface area (TPSA) is 216 Å². The van der Waals surface area contributed by atoms with E-state index in [4.69, 9.17) is 18.9 Å². The average Bonchev–Trinajstić information content (AvgIpc) is 2.95. The van der Waals surface area contributed by atoms with Gasteiger partial charge in [0.2, 0.25) is 6.29 Å². The first-order valence-corrected chi connectivity index (χ1v) is 13.7. The molecule has 13 heteroatoms. The summed E-state index contributed by atoms with van der Waals surface area (Å²) in [6, 6.07) is 3.03. The highest BCUT2D eigenvalue weighted by atomic mass is 16.7. The quantitative estimate of drug-likeness (QED) is 0.118. The van der Waals surface area contributed by atoms with E-state index < -0.39 is 80.6 Å². The van der Waals surface area contributed by atoms with Gasteiger partial charge in [-0.3, -0.25) is 0 Å². The van der Waals surface area contributed by atoms with Crippen LogP contribution in [0, 0.1) is 0 Å². The minimum Gasteiger partial charge on any atom is -0.461 e. The number of aliphatic hydroxyl groups is 8. The van der Waals surface area contributed by atoms with Crippen molar-refractivity contribution in [2.75, 3.05) is 13.2 Å². The van der Waals surface area contributed by atoms with Gasteiger partial charge in [0.05, 0.1) is 12.2 Å². The fourth-order valence-corrected chi connectivity index (χ4v) is 4.55. The van der Waals surface area contributed by atoms with E-state index in [9.17, 15) is 45.6 Å². The molecule has 8 N–H and O–H groups in total. The predicted octanol–water partition coefficient (Wildman–Crippen LogP) is -1.16. The van der Waals surface area contributed by atoms with E-state index in [1.165, 1.54) is 12.1 Å². The van der Waals surface area contributed by atoms with Crippen LogP contribution in [0.1, 0.15) is 49.2 Å². The average molecular weight is 599 g/mol. The molecule has 0 saturated carbocycles. The lowest BCUT2D eigenvalue weighted by Crippen LogP contribution is -2.60. The number of ether oxygens (including phenoxy) is 4. The van der Waals surface area contributed by atoms with E-state index in [-0.39, 0.29) is 11.3 Å². The first-order chi connectivity index (χ1) is 19.7. The summed E-state index contributed by atoms with van der Waals surface area (Å²) in [4.78, 5) is 13.2. The molecule has 3 rings (SSSR count). The predicted molar refractivity (Wildman–Crippen MR) is 146 cm³/mol. The number of aliphatic hydroxyl groups excluding tert-OH is 8. The van der Waals surface area contributed by atoms with E-state index >= 15 is 0 Å². The Hall–Kier alpha value is -2.43. The van der Waals surface area contributed by atoms with Gasteiger partial charge in [0, 0.05) is 0 Å². The number of esters is 1. The van der Waals surface area contributed by atoms with Gasteiger partial charge in [0.15, 0.2) is 6.29 Å². The molecule has 42 heavy (non-hydrogen) atoms. The van der Waals surface area contributed by atoms with Gasteiger partial charge in [0.25, 0.3) is 0 Å². The molecule has 2 heterocycles. The Morgan fingerprint density at radius 1 is 0.762 bits per heavy atom. The number of hydrogen-bond donors (Lipinski definition) is 8. The zero-order chi connectivity index (χ0) is 31.3. The molecule has 236 valence electrons. The number of benzene rings is 1. The van der Waals surface area contributed by atoms with Crippen LogP contribution in [0.3, 0.4) is 0 Å². The lowest BCUT2D eigenvalue weighted by molar-refractivity contribution is -0.286. The van der Waals surface area contributed by atoms with E-state index in [2.05, 4.69) is 0 Å². The molecule has 2 saturated heterocycles. The van der Waals surface area contributed by atoms with Crippen molar-refractivity contribution in [2.45, 2.75) is 102 Å². The van der Waals surface area contributed by atoms with Crippen molar-refractivity contribution in [1.82, 2.24) is 0 Å². The second kappa shape index (κ2) is 14.8. The summed E-state index contributed by atoms with van der Waals surface area (Å²) >= 11 is 0. The van der Waals surface area contributed by atoms with Crippen molar-refractivity contribution in [2.24, 2.45) is 0 Å². The van der Waals surface area contributed by atoms with Crippen LogP contribution in [0.15, 0.2) is 35.4 Å². The Bertz CT molecular complexity index is 1080. The maximum Gasteiger partial charge on any atom is 0.338 e. The summed E-state index contributed by atoms with van der Waals surface area (Å²) in [6.07, 6.45) is -11.3. The lowest BCUT2D eigenvalue weighted by Gasteiger charge is -2.40. The SMILES string of the molecule is CC(C)=CCc1cc(C(=O)OC[C@H]2O[C@@H](O)[C@H](O)[C@@H](O)[C@@H]2O)cc(CC=C(C)C)c1O[C@@H]1O[C@H](CO)[C@@H](O)[C@H](O)[C@H]1O. The van der Waals surface area contributed by atoms with E-state index in [1.54, 1.807) is 0 Å². The Balaban J connectivity index is 1.96. The summed E-state index contributed by atoms with van der Waals surface area (Å²) in [5.74, 6) is -0.547. The van der Waals surface area contributed by atoms with Gasteiger partial charge in [-0.2, -0.15) is 0 Å². The standard InChI is InChI=1S/C29H42O13/c1-13(2)5-7-15-9-17(27(37)39-12-19-21(32)22(33)24(35)28(38)40-19)10-16(8-6-14(3)4)26(15)42-29-25(36)23(34)20(31)18(11-30)41-29/h5-6,9-10,18-25,28-36,38H,7-8,11-12H2,1-4H3/t18-,19-,20-,21-,22+,23+,24-,25-,28-,29+/m1/s1. The Morgan fingerprint density at radius 2 is 1.29 bits per heavy atom. The molecular weight excluding hydrogens is 556 g/mol. The van der Waals surface area contributed by atoms with Crippen LogP contribution in [-0.4, -0.2) is 121 Å². The minimum atomic E-state index is -1.78. The fraction of sp³-hybridized carbons (Fsp3) is 0.621. The number of hydrogen-bond acceptors (Lipinski definition) is 13. The Morgan fingerprint density at radius 3 is 1.81 bits per heavy atom. The molecule has 2 fully saturated rings. The molecule has 0 spiro atoms. The first kappa shape index (κ1) is 34.1. The van der Waals surface area contributed by atoms with Crippen molar-refractivity contribution in [1.29, 1.82) is 0 Å². The van der Waals surface area contributed by atoms with E-state index in [0.29, 0.717) is 24.0 Å². The summed E-state index contributed by atoms with van der Waals surface area (Å²) < 4.78 is 22.1. The van der Waals surface area contributed by atoms with Crippen molar-refractivity contribution in [3.8, 4) is 5.75 Å². The molecule has 0 amide bonds. The van der Waals surface area contributed by atoms with Crippen LogP contribution in [0.5, 0.6) is 5.75 Å². The molecule has 0 aliphatic carbocycles. The summed E-state index contributed by atoms with van der Waals surface area (Å²) in [6.45, 7) is 6.38. The minimum absolute atomic E-state index is 0.108. The second-order valence-electron chi connectivity index (χ2n) is 11.0. The highest BCUT2D eigenvalue weighted by molar-refractivity contribution is 5.90. The summed E-state index contributed by atoms with van der Waals surface area (Å²) in [7, 11) is 0. The monoisotopic (exact) mass is 598 g/mol. The lowest BCUT2D eigenvalue weighted by atomic mass is 9.97. The molecule has 0 radical (unpaired) electrons. The van der Waals surface area contributed by atoms with Crippen LogP contribution < -0.4 is 4.74 Å². The molecule has 0 aromatic heterocycles. The molecule has 1 aromatic rings. The van der Waals surface area contributed by atoms with Crippen molar-refractivity contribution >= 4 is 5.97 Å². The van der Waals surface area contributed by atoms with E-state index in [0.717, 1.165) is 11.1 Å². The molecule has 0 unspecified atom stereocenters. The smallest absolute Gasteiger partial charge is 0.338 e. The largest absolute Gasteiger partial charge is 0.461 e. The van der Waals surface area contributed by atoms with Crippen LogP contribution in [0.25, 0.3) is 0 Å². The third-order valence-electron chi connectivity index (χ3n) is 7.09. The Kier molecular flexibility index (Phi) is 12.0. The Labute approximate surface area is 243 Å². The van der Waals surface area contributed by atoms with Gasteiger partial charge in [-0.05, 0) is 63.8 Å². The molecule has 0 bridgehead atoms. The van der Waals surface area contributed by atoms with Gasteiger partial charge < -0.3 is 59.8 Å². The van der Waals surface area contributed by atoms with Gasteiger partial charge in [0.1, 0.15) is 61.2 Å². The third-order valence-corrected chi connectivity index (χ3v) is 7.09. The summed E-state index contributed by atoms with van der Waals surface area (Å²) in [5.41, 5.74) is 3.05. The number of carbonyl (C=O) groups is 1. The zero-order valence-corrected chi connectivity index (χ0v) is 24.0. The van der Waals surface area contributed by atoms with Crippen molar-refractivity contribution in [3.05, 3.63) is 52.1 Å². The highest BCUT2D eigenvalue weighted by Gasteiger charge is 2.45. The number of rotatable bonds is 10. The maximum absolute atomic E-state index is 13.2. The van der Waals surface area contributed by atoms with Crippen molar-refractivity contribution in [3.63, 3.8) is 0 Å². The zero-order valence-electron chi connectivity index (χ0n) is 24.0. The van der Waals surface area contributed by atoms with Crippen LogP contribution in [0.4, 0.5) is 0 Å². The molecule has 10 atom stereocenters. The highest BCUT2D eigenvalue weighted by Crippen LogP contribution is 2.33. The molecule has 1 aromatic carbocycles. The molecule has 2 aliphatic rings. The van der Waals surface area contributed by atoms with Gasteiger partial charge in [-0.25, -0.2) is 4.79 Å². The van der Waals surface area contributed by atoms with Crippen LogP contribution >= 0.6 is 0 Å². The maximum atomic E-state index is 13.2. The fourth-order valence-electron chi connectivity index (χ4n) is 4.55. The molecular formula is C29H42O13. The van der Waals surface area contributed by atoms with Crippen molar-refractivity contribution < 1.29 is 64.6 Å². The van der Waals surface area contributed by atoms with E-state index in [1.807, 2.05) is 39.8 Å². The molecule has 13 nitrogen and oxygen atoms in total. The van der Waals surface area contributed by atoms with Gasteiger partial charge in [-0.15, -0.1) is 0 Å². The second-order valence-corrected chi connectivity index (χ2v) is 11.0. The number of allylic oxidation sites excluding steroid dienone is 4. The molecule has 2 aliphatic heterocycles. The normalized spacial score (nSPS) is 33.0. The van der Waals surface area contributed by atoms with Gasteiger partial charge >= 0.3 is 5.97 Å². The number of carbonyl (C=O) groups excluding carboxylic acids is 1. The van der Waals surface area contributed by atoms with Crippen LogP contribution in [0.2, 0.25) is 0 Å². The first-order valence-electron chi connectivity index (χ1n) is 13.7.